The fraction of sp³-hybridized carbons (Fsp3) is 0.533. The van der Waals surface area contributed by atoms with E-state index < -0.39 is 16.4 Å². The van der Waals surface area contributed by atoms with E-state index in [4.69, 9.17) is 10.5 Å². The average Bonchev–Trinajstić information content (AvgIpc) is 2.85. The highest BCUT2D eigenvalue weighted by molar-refractivity contribution is 7.88. The number of nitrogens with zero attached hydrogens (tertiary/aromatic N) is 1. The normalized spacial score (nSPS) is 25.2. The van der Waals surface area contributed by atoms with Gasteiger partial charge in [0, 0.05) is 5.69 Å². The predicted molar refractivity (Wildman–Crippen MR) is 88.1 cm³/mol. The van der Waals surface area contributed by atoms with Gasteiger partial charge in [-0.3, -0.25) is 4.21 Å². The minimum absolute atomic E-state index is 0.0505. The third-order valence-electron chi connectivity index (χ3n) is 3.82. The first-order chi connectivity index (χ1) is 9.68. The smallest absolute Gasteiger partial charge is 0.182 e. The molecule has 114 valence electrons. The van der Waals surface area contributed by atoms with Gasteiger partial charge >= 0.3 is 0 Å². The van der Waals surface area contributed by atoms with Crippen molar-refractivity contribution in [2.24, 2.45) is 0 Å². The molecule has 0 saturated carbocycles. The molecule has 0 spiro atoms. The first kappa shape index (κ1) is 14.9. The molecule has 2 N–H and O–H groups in total. The number of thiazole rings is 1. The highest BCUT2D eigenvalue weighted by Crippen LogP contribution is 2.42. The third-order valence-corrected chi connectivity index (χ3v) is 7.06. The second-order valence-corrected chi connectivity index (χ2v) is 9.50. The van der Waals surface area contributed by atoms with E-state index in [0.717, 1.165) is 16.6 Å². The number of rotatable bonds is 2. The van der Waals surface area contributed by atoms with Gasteiger partial charge in [0.05, 0.1) is 37.5 Å². The van der Waals surface area contributed by atoms with Crippen LogP contribution in [-0.2, 0) is 15.5 Å². The second-order valence-electron chi connectivity index (χ2n) is 6.66. The molecule has 0 radical (unpaired) electrons. The molecule has 1 aromatic heterocycles. The quantitative estimate of drug-likeness (QED) is 0.861. The molecular weight excluding hydrogens is 304 g/mol. The van der Waals surface area contributed by atoms with E-state index in [1.807, 2.05) is 45.9 Å². The number of benzene rings is 1. The van der Waals surface area contributed by atoms with Crippen LogP contribution in [0.2, 0.25) is 0 Å². The van der Waals surface area contributed by atoms with Crippen LogP contribution in [0.3, 0.4) is 0 Å². The Morgan fingerprint density at radius 1 is 1.38 bits per heavy atom. The van der Waals surface area contributed by atoms with Crippen molar-refractivity contribution in [2.45, 2.75) is 54.9 Å². The van der Waals surface area contributed by atoms with Gasteiger partial charge in [0.1, 0.15) is 0 Å². The molecule has 0 aliphatic carbocycles. The van der Waals surface area contributed by atoms with Crippen molar-refractivity contribution in [3.05, 3.63) is 18.2 Å². The van der Waals surface area contributed by atoms with Gasteiger partial charge in [0.2, 0.25) is 0 Å². The molecule has 1 aliphatic rings. The van der Waals surface area contributed by atoms with Crippen molar-refractivity contribution >= 4 is 38.0 Å². The van der Waals surface area contributed by atoms with Gasteiger partial charge in [-0.1, -0.05) is 0 Å². The monoisotopic (exact) mass is 324 g/mol. The van der Waals surface area contributed by atoms with Gasteiger partial charge in [-0.05, 0) is 52.3 Å². The molecule has 0 bridgehead atoms. The van der Waals surface area contributed by atoms with E-state index in [-0.39, 0.29) is 10.9 Å². The number of fused-ring (bicyclic) bond motifs is 1. The molecule has 2 aromatic rings. The number of nitrogens with two attached hydrogens (primary N) is 1. The highest BCUT2D eigenvalue weighted by atomic mass is 32.2. The molecule has 1 aliphatic heterocycles. The van der Waals surface area contributed by atoms with E-state index in [9.17, 15) is 4.21 Å². The zero-order valence-electron chi connectivity index (χ0n) is 12.7. The number of hydrogen-bond donors (Lipinski definition) is 1. The summed E-state index contributed by atoms with van der Waals surface area (Å²) in [5.74, 6) is 0. The van der Waals surface area contributed by atoms with Crippen LogP contribution in [0.4, 0.5) is 5.69 Å². The third kappa shape index (κ3) is 2.72. The van der Waals surface area contributed by atoms with Gasteiger partial charge in [-0.2, -0.15) is 0 Å². The van der Waals surface area contributed by atoms with E-state index in [1.165, 1.54) is 11.3 Å². The lowest BCUT2D eigenvalue weighted by molar-refractivity contribution is -0.0633. The van der Waals surface area contributed by atoms with Crippen molar-refractivity contribution < 1.29 is 8.95 Å². The molecular formula is C15H20N2O2S2. The molecule has 2 atom stereocenters. The van der Waals surface area contributed by atoms with Gasteiger partial charge < -0.3 is 10.5 Å². The average molecular weight is 324 g/mol. The maximum atomic E-state index is 13.0. The second kappa shape index (κ2) is 4.76. The minimum atomic E-state index is -1.17. The van der Waals surface area contributed by atoms with Crippen LogP contribution in [0.5, 0.6) is 0 Å². The van der Waals surface area contributed by atoms with Crippen molar-refractivity contribution in [3.63, 3.8) is 0 Å². The molecule has 0 amide bonds. The summed E-state index contributed by atoms with van der Waals surface area (Å²) in [7, 11) is -1.17. The summed E-state index contributed by atoms with van der Waals surface area (Å²) in [5.41, 5.74) is 6.69. The Morgan fingerprint density at radius 2 is 2.10 bits per heavy atom. The zero-order valence-corrected chi connectivity index (χ0v) is 14.3. The van der Waals surface area contributed by atoms with Crippen molar-refractivity contribution in [2.75, 3.05) is 5.73 Å². The topological polar surface area (TPSA) is 65.2 Å². The van der Waals surface area contributed by atoms with Crippen LogP contribution in [0.15, 0.2) is 22.5 Å². The fourth-order valence-corrected chi connectivity index (χ4v) is 6.21. The standard InChI is InChI=1S/C15H20N2O2S2/c1-14(2)8-12(15(3,4)19-14)21(18)13-17-10-6-5-9(16)7-11(10)20-13/h5-7,12H,8,16H2,1-4H3. The largest absolute Gasteiger partial charge is 0.399 e. The molecule has 4 nitrogen and oxygen atoms in total. The molecule has 2 heterocycles. The number of ether oxygens (including phenoxy) is 1. The lowest BCUT2D eigenvalue weighted by Crippen LogP contribution is -2.35. The predicted octanol–water partition coefficient (Wildman–Crippen LogP) is 3.33. The summed E-state index contributed by atoms with van der Waals surface area (Å²) in [6.07, 6.45) is 0.769. The Labute approximate surface area is 131 Å². The first-order valence-electron chi connectivity index (χ1n) is 6.95. The SMILES string of the molecule is CC1(C)CC(S(=O)c2nc3ccc(N)cc3s2)C(C)(C)O1. The van der Waals surface area contributed by atoms with Crippen LogP contribution < -0.4 is 5.73 Å². The summed E-state index contributed by atoms with van der Waals surface area (Å²) in [6, 6.07) is 5.58. The van der Waals surface area contributed by atoms with E-state index in [1.54, 1.807) is 0 Å². The molecule has 1 aromatic carbocycles. The van der Waals surface area contributed by atoms with Crippen LogP contribution in [0.1, 0.15) is 34.1 Å². The van der Waals surface area contributed by atoms with Crippen molar-refractivity contribution in [1.82, 2.24) is 4.98 Å². The summed E-state index contributed by atoms with van der Waals surface area (Å²) in [6.45, 7) is 8.11. The summed E-state index contributed by atoms with van der Waals surface area (Å²) >= 11 is 1.46. The van der Waals surface area contributed by atoms with E-state index in [0.29, 0.717) is 10.0 Å². The molecule has 1 saturated heterocycles. The number of anilines is 1. The molecule has 2 unspecified atom stereocenters. The zero-order chi connectivity index (χ0) is 15.4. The van der Waals surface area contributed by atoms with E-state index in [2.05, 4.69) is 4.98 Å². The van der Waals surface area contributed by atoms with Crippen LogP contribution in [0.25, 0.3) is 10.2 Å². The van der Waals surface area contributed by atoms with E-state index >= 15 is 0 Å². The maximum absolute atomic E-state index is 13.0. The summed E-state index contributed by atoms with van der Waals surface area (Å²) in [4.78, 5) is 4.52. The van der Waals surface area contributed by atoms with Gasteiger partial charge in [0.15, 0.2) is 4.34 Å². The lowest BCUT2D eigenvalue weighted by atomic mass is 10.0. The van der Waals surface area contributed by atoms with Crippen LogP contribution in [0, 0.1) is 0 Å². The van der Waals surface area contributed by atoms with Gasteiger partial charge in [0.25, 0.3) is 0 Å². The maximum Gasteiger partial charge on any atom is 0.182 e. The summed E-state index contributed by atoms with van der Waals surface area (Å²) < 4.78 is 20.6. The van der Waals surface area contributed by atoms with Gasteiger partial charge in [-0.15, -0.1) is 11.3 Å². The Kier molecular flexibility index (Phi) is 3.39. The first-order valence-corrected chi connectivity index (χ1v) is 8.98. The molecule has 6 heteroatoms. The number of aromatic nitrogens is 1. The van der Waals surface area contributed by atoms with Crippen molar-refractivity contribution in [1.29, 1.82) is 0 Å². The molecule has 3 rings (SSSR count). The Balaban J connectivity index is 1.97. The highest BCUT2D eigenvalue weighted by Gasteiger charge is 2.49. The number of nitrogen functional groups attached to an aromatic ring is 1. The minimum Gasteiger partial charge on any atom is -0.399 e. The Hall–Kier alpha value is -0.980. The Bertz CT molecular complexity index is 722. The Morgan fingerprint density at radius 3 is 2.71 bits per heavy atom. The summed E-state index contributed by atoms with van der Waals surface area (Å²) in [5, 5.41) is -0.0505. The molecule has 21 heavy (non-hydrogen) atoms. The lowest BCUT2D eigenvalue weighted by Gasteiger charge is -2.26. The van der Waals surface area contributed by atoms with Crippen LogP contribution in [-0.4, -0.2) is 25.6 Å². The van der Waals surface area contributed by atoms with Crippen molar-refractivity contribution in [3.8, 4) is 0 Å². The van der Waals surface area contributed by atoms with Crippen LogP contribution >= 0.6 is 11.3 Å². The fourth-order valence-electron chi connectivity index (χ4n) is 2.97. The number of hydrogen-bond acceptors (Lipinski definition) is 5. The molecule has 1 fully saturated rings. The van der Waals surface area contributed by atoms with Gasteiger partial charge in [-0.25, -0.2) is 4.98 Å².